The van der Waals surface area contributed by atoms with Gasteiger partial charge in [0.15, 0.2) is 17.3 Å². The number of pyridine rings is 1. The molecule has 1 aromatic carbocycles. The lowest BCUT2D eigenvalue weighted by Gasteiger charge is -2.14. The molecular weight excluding hydrogens is 304 g/mol. The number of benzene rings is 1. The average molecular weight is 319 g/mol. The van der Waals surface area contributed by atoms with Crippen LogP contribution in [0.5, 0.6) is 11.5 Å². The Labute approximate surface area is 133 Å². The van der Waals surface area contributed by atoms with Gasteiger partial charge in [-0.2, -0.15) is 0 Å². The summed E-state index contributed by atoms with van der Waals surface area (Å²) in [5.74, 6) is 0.235. The van der Waals surface area contributed by atoms with Gasteiger partial charge in [-0.05, 0) is 29.8 Å². The summed E-state index contributed by atoms with van der Waals surface area (Å²) in [6, 6.07) is 5.05. The largest absolute Gasteiger partial charge is 0.492 e. The van der Waals surface area contributed by atoms with Gasteiger partial charge in [0.25, 0.3) is 0 Å². The number of aromatic nitrogens is 1. The van der Waals surface area contributed by atoms with Crippen LogP contribution in [0.25, 0.3) is 6.08 Å². The Bertz CT molecular complexity index is 715. The van der Waals surface area contributed by atoms with Crippen molar-refractivity contribution < 1.29 is 14.3 Å². The van der Waals surface area contributed by atoms with Gasteiger partial charge in [0.1, 0.15) is 0 Å². The molecule has 0 radical (unpaired) electrons. The Morgan fingerprint density at radius 3 is 2.45 bits per heavy atom. The van der Waals surface area contributed by atoms with Crippen LogP contribution >= 0.6 is 11.6 Å². The Hall–Kier alpha value is -2.53. The highest BCUT2D eigenvalue weighted by Gasteiger charge is 2.20. The molecule has 0 unspecified atom stereocenters. The number of rotatable bonds is 5. The highest BCUT2D eigenvalue weighted by Crippen LogP contribution is 2.41. The molecule has 1 aromatic heterocycles. The summed E-state index contributed by atoms with van der Waals surface area (Å²) in [5.41, 5.74) is 7.20. The molecular formula is C16H15ClN2O3. The minimum atomic E-state index is -0.270. The van der Waals surface area contributed by atoms with Crippen LogP contribution in [0.1, 0.15) is 15.9 Å². The molecule has 0 saturated carbocycles. The molecule has 6 heteroatoms. The maximum atomic E-state index is 12.4. The molecule has 0 spiro atoms. The van der Waals surface area contributed by atoms with Crippen molar-refractivity contribution in [1.29, 1.82) is 0 Å². The van der Waals surface area contributed by atoms with Gasteiger partial charge in [-0.1, -0.05) is 17.7 Å². The van der Waals surface area contributed by atoms with Gasteiger partial charge in [-0.25, -0.2) is 0 Å². The molecule has 0 aliphatic heterocycles. The second-order valence-electron chi connectivity index (χ2n) is 4.36. The zero-order chi connectivity index (χ0) is 16.1. The summed E-state index contributed by atoms with van der Waals surface area (Å²) in [6.45, 7) is 0. The van der Waals surface area contributed by atoms with E-state index in [2.05, 4.69) is 4.98 Å². The number of anilines is 1. The molecule has 2 aromatic rings. The summed E-state index contributed by atoms with van der Waals surface area (Å²) >= 11 is 6.04. The van der Waals surface area contributed by atoms with Gasteiger partial charge < -0.3 is 15.2 Å². The van der Waals surface area contributed by atoms with E-state index < -0.39 is 0 Å². The lowest BCUT2D eigenvalue weighted by Crippen LogP contribution is -2.04. The van der Waals surface area contributed by atoms with Crippen molar-refractivity contribution in [2.75, 3.05) is 20.0 Å². The fraction of sp³-hybridized carbons (Fsp3) is 0.125. The topological polar surface area (TPSA) is 74.4 Å². The van der Waals surface area contributed by atoms with E-state index in [4.69, 9.17) is 26.8 Å². The summed E-state index contributed by atoms with van der Waals surface area (Å²) in [7, 11) is 2.88. The number of ketones is 1. The number of hydrogen-bond acceptors (Lipinski definition) is 5. The first-order chi connectivity index (χ1) is 10.6. The van der Waals surface area contributed by atoms with E-state index in [1.54, 1.807) is 30.6 Å². The molecule has 1 heterocycles. The standard InChI is InChI=1S/C16H15ClN2O3/c1-21-15-11(9-12(17)14(18)16(15)22-2)13(20)4-3-10-5-7-19-8-6-10/h3-9H,18H2,1-2H3. The molecule has 2 rings (SSSR count). The van der Waals surface area contributed by atoms with Crippen LogP contribution < -0.4 is 15.2 Å². The second kappa shape index (κ2) is 6.95. The van der Waals surface area contributed by atoms with Gasteiger partial charge in [0.2, 0.25) is 0 Å². The molecule has 0 bridgehead atoms. The molecule has 0 fully saturated rings. The molecule has 22 heavy (non-hydrogen) atoms. The van der Waals surface area contributed by atoms with Gasteiger partial charge in [0, 0.05) is 12.4 Å². The fourth-order valence-corrected chi connectivity index (χ4v) is 2.14. The van der Waals surface area contributed by atoms with E-state index in [0.717, 1.165) is 5.56 Å². The number of halogens is 1. The number of carbonyl (C=O) groups excluding carboxylic acids is 1. The minimum absolute atomic E-state index is 0.232. The van der Waals surface area contributed by atoms with E-state index in [1.165, 1.54) is 26.4 Å². The van der Waals surface area contributed by atoms with E-state index in [1.807, 2.05) is 0 Å². The highest BCUT2D eigenvalue weighted by atomic mass is 35.5. The first kappa shape index (κ1) is 15.9. The Kier molecular flexibility index (Phi) is 5.01. The van der Waals surface area contributed by atoms with Crippen LogP contribution in [0.3, 0.4) is 0 Å². The highest BCUT2D eigenvalue weighted by molar-refractivity contribution is 6.34. The summed E-state index contributed by atoms with van der Waals surface area (Å²) < 4.78 is 10.4. The normalized spacial score (nSPS) is 10.7. The Morgan fingerprint density at radius 2 is 1.86 bits per heavy atom. The molecule has 0 amide bonds. The van der Waals surface area contributed by atoms with Gasteiger partial charge in [-0.15, -0.1) is 0 Å². The van der Waals surface area contributed by atoms with Gasteiger partial charge in [-0.3, -0.25) is 9.78 Å². The first-order valence-corrected chi connectivity index (χ1v) is 6.78. The van der Waals surface area contributed by atoms with Gasteiger partial charge >= 0.3 is 0 Å². The zero-order valence-electron chi connectivity index (χ0n) is 12.2. The van der Waals surface area contributed by atoms with Crippen molar-refractivity contribution in [3.63, 3.8) is 0 Å². The molecule has 2 N–H and O–H groups in total. The number of carbonyl (C=O) groups is 1. The summed E-state index contributed by atoms with van der Waals surface area (Å²) in [4.78, 5) is 16.3. The molecule has 5 nitrogen and oxygen atoms in total. The lowest BCUT2D eigenvalue weighted by atomic mass is 10.1. The SMILES string of the molecule is COc1c(C(=O)C=Cc2ccncc2)cc(Cl)c(N)c1OC. The summed E-state index contributed by atoms with van der Waals surface area (Å²) in [5, 5.41) is 0.235. The van der Waals surface area contributed by atoms with E-state index in [-0.39, 0.29) is 33.6 Å². The van der Waals surface area contributed by atoms with Crippen molar-refractivity contribution in [2.24, 2.45) is 0 Å². The summed E-state index contributed by atoms with van der Waals surface area (Å²) in [6.07, 6.45) is 6.40. The van der Waals surface area contributed by atoms with Crippen LogP contribution in [-0.2, 0) is 0 Å². The second-order valence-corrected chi connectivity index (χ2v) is 4.77. The van der Waals surface area contributed by atoms with Crippen LogP contribution in [0.4, 0.5) is 5.69 Å². The Balaban J connectivity index is 2.41. The van der Waals surface area contributed by atoms with Crippen LogP contribution in [0.2, 0.25) is 5.02 Å². The number of nitrogens with zero attached hydrogens (tertiary/aromatic N) is 1. The number of ether oxygens (including phenoxy) is 2. The quantitative estimate of drug-likeness (QED) is 0.520. The third-order valence-electron chi connectivity index (χ3n) is 3.03. The number of nitrogens with two attached hydrogens (primary N) is 1. The number of allylic oxidation sites excluding steroid dienone is 1. The first-order valence-electron chi connectivity index (χ1n) is 6.40. The fourth-order valence-electron chi connectivity index (χ4n) is 1.95. The molecule has 0 aliphatic carbocycles. The molecule has 0 saturated heterocycles. The average Bonchev–Trinajstić information content (AvgIpc) is 2.55. The maximum Gasteiger partial charge on any atom is 0.189 e. The monoisotopic (exact) mass is 318 g/mol. The third-order valence-corrected chi connectivity index (χ3v) is 3.34. The number of nitrogen functional groups attached to an aromatic ring is 1. The van der Waals surface area contributed by atoms with E-state index >= 15 is 0 Å². The van der Waals surface area contributed by atoms with Gasteiger partial charge in [0.05, 0.1) is 30.5 Å². The lowest BCUT2D eigenvalue weighted by molar-refractivity contribution is 0.104. The number of methoxy groups -OCH3 is 2. The van der Waals surface area contributed by atoms with Crippen LogP contribution in [0, 0.1) is 0 Å². The molecule has 114 valence electrons. The maximum absolute atomic E-state index is 12.4. The van der Waals surface area contributed by atoms with E-state index in [0.29, 0.717) is 0 Å². The van der Waals surface area contributed by atoms with Crippen molar-refractivity contribution >= 4 is 29.1 Å². The third kappa shape index (κ3) is 3.20. The minimum Gasteiger partial charge on any atom is -0.492 e. The zero-order valence-corrected chi connectivity index (χ0v) is 12.9. The predicted molar refractivity (Wildman–Crippen MR) is 86.6 cm³/mol. The van der Waals surface area contributed by atoms with Crippen LogP contribution in [-0.4, -0.2) is 25.0 Å². The Morgan fingerprint density at radius 1 is 1.23 bits per heavy atom. The molecule has 0 atom stereocenters. The predicted octanol–water partition coefficient (Wildman–Crippen LogP) is 3.23. The smallest absolute Gasteiger partial charge is 0.189 e. The van der Waals surface area contributed by atoms with E-state index in [9.17, 15) is 4.79 Å². The molecule has 0 aliphatic rings. The van der Waals surface area contributed by atoms with Crippen LogP contribution in [0.15, 0.2) is 36.7 Å². The van der Waals surface area contributed by atoms with Crippen molar-refractivity contribution in [2.45, 2.75) is 0 Å². The number of hydrogen-bond donors (Lipinski definition) is 1. The van der Waals surface area contributed by atoms with Crippen molar-refractivity contribution in [3.8, 4) is 11.5 Å². The van der Waals surface area contributed by atoms with Crippen molar-refractivity contribution in [1.82, 2.24) is 4.98 Å². The van der Waals surface area contributed by atoms with Crippen molar-refractivity contribution in [3.05, 3.63) is 52.8 Å².